The molecule has 1 heterocycles. The largest absolute Gasteiger partial charge is 0.478 e. The molecule has 23 heavy (non-hydrogen) atoms. The summed E-state index contributed by atoms with van der Waals surface area (Å²) < 4.78 is 62.6. The number of aromatic carboxylic acids is 1. The maximum Gasteiger partial charge on any atom is 0.454 e. The Balaban J connectivity index is 1.92. The molecular weight excluding hydrogens is 323 g/mol. The van der Waals surface area contributed by atoms with Crippen LogP contribution in [0.3, 0.4) is 0 Å². The second-order valence-electron chi connectivity index (χ2n) is 5.32. The predicted octanol–water partition coefficient (Wildman–Crippen LogP) is 2.70. The number of hydrogen-bond donors (Lipinski definition) is 1. The first kappa shape index (κ1) is 17.5. The van der Waals surface area contributed by atoms with Gasteiger partial charge in [0.2, 0.25) is 0 Å². The van der Waals surface area contributed by atoms with Crippen molar-refractivity contribution in [3.63, 3.8) is 0 Å². The molecule has 0 amide bonds. The van der Waals surface area contributed by atoms with Crippen LogP contribution in [0.25, 0.3) is 0 Å². The van der Waals surface area contributed by atoms with Crippen molar-refractivity contribution in [2.45, 2.75) is 12.1 Å². The molecule has 0 unspecified atom stereocenters. The summed E-state index contributed by atoms with van der Waals surface area (Å²) >= 11 is 0. The lowest BCUT2D eigenvalue weighted by molar-refractivity contribution is -0.286. The minimum atomic E-state index is -5.54. The van der Waals surface area contributed by atoms with E-state index in [1.165, 1.54) is 12.1 Å². The number of nitrogens with zero attached hydrogens (tertiary/aromatic N) is 2. The summed E-state index contributed by atoms with van der Waals surface area (Å²) in [5.41, 5.74) is 0.828. The van der Waals surface area contributed by atoms with E-state index >= 15 is 0 Å². The average molecular weight is 338 g/mol. The Kier molecular flexibility index (Phi) is 4.79. The minimum Gasteiger partial charge on any atom is -0.478 e. The van der Waals surface area contributed by atoms with Crippen molar-refractivity contribution in [1.29, 1.82) is 0 Å². The van der Waals surface area contributed by atoms with Crippen LogP contribution in [0.5, 0.6) is 0 Å². The Morgan fingerprint density at radius 2 is 1.52 bits per heavy atom. The second kappa shape index (κ2) is 6.31. The van der Waals surface area contributed by atoms with E-state index < -0.39 is 24.6 Å². The first-order valence-corrected chi connectivity index (χ1v) is 6.85. The Morgan fingerprint density at radius 3 is 1.96 bits per heavy atom. The van der Waals surface area contributed by atoms with Gasteiger partial charge in [0.25, 0.3) is 0 Å². The molecular formula is C14H15F5N2O2. The molecule has 0 saturated carbocycles. The molecule has 1 fully saturated rings. The van der Waals surface area contributed by atoms with Crippen LogP contribution in [0.4, 0.5) is 27.6 Å². The fraction of sp³-hybridized carbons (Fsp3) is 0.500. The first-order valence-electron chi connectivity index (χ1n) is 6.85. The van der Waals surface area contributed by atoms with Gasteiger partial charge in [0.15, 0.2) is 0 Å². The fourth-order valence-electron chi connectivity index (χ4n) is 2.35. The second-order valence-corrected chi connectivity index (χ2v) is 5.32. The zero-order valence-electron chi connectivity index (χ0n) is 12.0. The molecule has 0 aliphatic carbocycles. The van der Waals surface area contributed by atoms with E-state index in [1.54, 1.807) is 12.1 Å². The Hall–Kier alpha value is -1.90. The molecule has 0 atom stereocenters. The molecule has 128 valence electrons. The number of carbonyl (C=O) groups is 1. The lowest BCUT2D eigenvalue weighted by Crippen LogP contribution is -2.53. The maximum atomic E-state index is 13.0. The summed E-state index contributed by atoms with van der Waals surface area (Å²) in [7, 11) is 0. The molecule has 1 N–H and O–H groups in total. The molecule has 9 heteroatoms. The lowest BCUT2D eigenvalue weighted by Gasteiger charge is -2.37. The number of hydrogen-bond acceptors (Lipinski definition) is 3. The van der Waals surface area contributed by atoms with Gasteiger partial charge in [0.05, 0.1) is 12.1 Å². The molecule has 2 rings (SSSR count). The van der Waals surface area contributed by atoms with E-state index in [-0.39, 0.29) is 18.7 Å². The van der Waals surface area contributed by atoms with Crippen molar-refractivity contribution in [2.75, 3.05) is 37.6 Å². The van der Waals surface area contributed by atoms with Crippen LogP contribution in [0.2, 0.25) is 0 Å². The number of carboxylic acid groups (broad SMARTS) is 1. The number of carboxylic acids is 1. The summed E-state index contributed by atoms with van der Waals surface area (Å²) in [6.45, 7) is -0.609. The van der Waals surface area contributed by atoms with E-state index in [1.807, 2.05) is 4.90 Å². The van der Waals surface area contributed by atoms with Gasteiger partial charge in [-0.15, -0.1) is 0 Å². The lowest BCUT2D eigenvalue weighted by atomic mass is 10.1. The third-order valence-electron chi connectivity index (χ3n) is 3.69. The Labute approximate surface area is 129 Å². The summed E-state index contributed by atoms with van der Waals surface area (Å²) in [5.74, 6) is -5.78. The molecule has 1 aliphatic heterocycles. The molecule has 0 spiro atoms. The van der Waals surface area contributed by atoms with E-state index in [0.717, 1.165) is 4.90 Å². The topological polar surface area (TPSA) is 43.8 Å². The minimum absolute atomic E-state index is 0.0757. The summed E-state index contributed by atoms with van der Waals surface area (Å²) in [6.07, 6.45) is -5.54. The van der Waals surface area contributed by atoms with Gasteiger partial charge in [0, 0.05) is 31.9 Å². The highest BCUT2D eigenvalue weighted by atomic mass is 19.4. The first-order chi connectivity index (χ1) is 10.6. The van der Waals surface area contributed by atoms with Gasteiger partial charge in [-0.1, -0.05) is 0 Å². The summed E-state index contributed by atoms with van der Waals surface area (Å²) in [4.78, 5) is 13.7. The van der Waals surface area contributed by atoms with Crippen molar-refractivity contribution in [1.82, 2.24) is 4.90 Å². The molecule has 1 aromatic rings. The standard InChI is InChI=1S/C14H15F5N2O2/c15-13(16,14(17,18)19)9-20-5-7-21(8-6-20)11-3-1-10(2-4-11)12(22)23/h1-4H,5-9H2,(H,22,23). The van der Waals surface area contributed by atoms with Crippen molar-refractivity contribution in [2.24, 2.45) is 0 Å². The smallest absolute Gasteiger partial charge is 0.454 e. The van der Waals surface area contributed by atoms with Crippen LogP contribution in [0.15, 0.2) is 24.3 Å². The molecule has 4 nitrogen and oxygen atoms in total. The normalized spacial score (nSPS) is 17.3. The average Bonchev–Trinajstić information content (AvgIpc) is 2.46. The highest BCUT2D eigenvalue weighted by Crippen LogP contribution is 2.36. The quantitative estimate of drug-likeness (QED) is 0.858. The van der Waals surface area contributed by atoms with Gasteiger partial charge >= 0.3 is 18.1 Å². The van der Waals surface area contributed by atoms with Gasteiger partial charge in [-0.2, -0.15) is 22.0 Å². The van der Waals surface area contributed by atoms with Crippen LogP contribution in [0, 0.1) is 0 Å². The molecule has 0 radical (unpaired) electrons. The highest BCUT2D eigenvalue weighted by molar-refractivity contribution is 5.88. The summed E-state index contributed by atoms with van der Waals surface area (Å²) in [5, 5.41) is 8.81. The number of halogens is 5. The van der Waals surface area contributed by atoms with Crippen molar-refractivity contribution >= 4 is 11.7 Å². The van der Waals surface area contributed by atoms with Gasteiger partial charge in [-0.05, 0) is 24.3 Å². The molecule has 0 aromatic heterocycles. The Morgan fingerprint density at radius 1 is 1.00 bits per heavy atom. The zero-order chi connectivity index (χ0) is 17.3. The third kappa shape index (κ3) is 4.10. The van der Waals surface area contributed by atoms with E-state index in [2.05, 4.69) is 0 Å². The number of alkyl halides is 5. The Bertz CT molecular complexity index is 551. The molecule has 1 saturated heterocycles. The molecule has 0 bridgehead atoms. The maximum absolute atomic E-state index is 13.0. The van der Waals surface area contributed by atoms with Crippen LogP contribution in [-0.2, 0) is 0 Å². The van der Waals surface area contributed by atoms with Crippen molar-refractivity contribution < 1.29 is 31.9 Å². The molecule has 1 aliphatic rings. The van der Waals surface area contributed by atoms with Gasteiger partial charge in [-0.3, -0.25) is 4.90 Å². The third-order valence-corrected chi connectivity index (χ3v) is 3.69. The van der Waals surface area contributed by atoms with Gasteiger partial charge < -0.3 is 10.0 Å². The number of piperazine rings is 1. The number of rotatable bonds is 4. The number of anilines is 1. The van der Waals surface area contributed by atoms with Crippen LogP contribution in [-0.4, -0.2) is 60.8 Å². The fourth-order valence-corrected chi connectivity index (χ4v) is 2.35. The van der Waals surface area contributed by atoms with E-state index in [4.69, 9.17) is 5.11 Å². The summed E-state index contributed by atoms with van der Waals surface area (Å²) in [6, 6.07) is 6.01. The van der Waals surface area contributed by atoms with Crippen LogP contribution < -0.4 is 4.90 Å². The van der Waals surface area contributed by atoms with Crippen molar-refractivity contribution in [3.8, 4) is 0 Å². The van der Waals surface area contributed by atoms with E-state index in [0.29, 0.717) is 18.8 Å². The molecule has 1 aromatic carbocycles. The highest BCUT2D eigenvalue weighted by Gasteiger charge is 2.58. The SMILES string of the molecule is O=C(O)c1ccc(N2CCN(CC(F)(F)C(F)(F)F)CC2)cc1. The zero-order valence-corrected chi connectivity index (χ0v) is 12.0. The predicted molar refractivity (Wildman–Crippen MR) is 73.1 cm³/mol. The van der Waals surface area contributed by atoms with Crippen LogP contribution >= 0.6 is 0 Å². The van der Waals surface area contributed by atoms with E-state index in [9.17, 15) is 26.7 Å². The monoisotopic (exact) mass is 338 g/mol. The van der Waals surface area contributed by atoms with Gasteiger partial charge in [0.1, 0.15) is 0 Å². The van der Waals surface area contributed by atoms with Gasteiger partial charge in [-0.25, -0.2) is 4.79 Å². The van der Waals surface area contributed by atoms with Crippen LogP contribution in [0.1, 0.15) is 10.4 Å². The van der Waals surface area contributed by atoms with Crippen molar-refractivity contribution in [3.05, 3.63) is 29.8 Å². The number of benzene rings is 1.